The fourth-order valence-electron chi connectivity index (χ4n) is 2.91. The van der Waals surface area contributed by atoms with Gasteiger partial charge >= 0.3 is 6.09 Å². The van der Waals surface area contributed by atoms with Crippen LogP contribution in [0.4, 0.5) is 4.79 Å². The maximum absolute atomic E-state index is 11.7. The van der Waals surface area contributed by atoms with Crippen molar-refractivity contribution in [3.05, 3.63) is 0 Å². The molecule has 2 rings (SSSR count). The van der Waals surface area contributed by atoms with E-state index < -0.39 is 5.60 Å². The van der Waals surface area contributed by atoms with Crippen LogP contribution in [0.5, 0.6) is 0 Å². The highest BCUT2D eigenvalue weighted by atomic mass is 16.6. The number of rotatable bonds is 3. The average molecular weight is 254 g/mol. The number of alkyl carbamates (subject to hydrolysis) is 1. The zero-order chi connectivity index (χ0) is 13.2. The Morgan fingerprint density at radius 3 is 2.44 bits per heavy atom. The predicted octanol–water partition coefficient (Wildman–Crippen LogP) is 2.29. The molecule has 1 heterocycles. The smallest absolute Gasteiger partial charge is 0.407 e. The van der Waals surface area contributed by atoms with Gasteiger partial charge in [-0.25, -0.2) is 4.79 Å². The van der Waals surface area contributed by atoms with Crippen LogP contribution in [0.3, 0.4) is 0 Å². The van der Waals surface area contributed by atoms with E-state index in [1.165, 1.54) is 25.7 Å². The van der Waals surface area contributed by atoms with Gasteiger partial charge in [0, 0.05) is 6.54 Å². The van der Waals surface area contributed by atoms with Crippen LogP contribution in [0.2, 0.25) is 0 Å². The summed E-state index contributed by atoms with van der Waals surface area (Å²) in [6.07, 6.45) is 4.73. The molecule has 0 atom stereocenters. The van der Waals surface area contributed by atoms with Gasteiger partial charge in [-0.05, 0) is 70.9 Å². The number of piperidine rings is 1. The molecule has 4 nitrogen and oxygen atoms in total. The summed E-state index contributed by atoms with van der Waals surface area (Å²) in [7, 11) is 0. The maximum Gasteiger partial charge on any atom is 0.407 e. The normalized spacial score (nSPS) is 23.5. The first kappa shape index (κ1) is 13.7. The topological polar surface area (TPSA) is 50.4 Å². The predicted molar refractivity (Wildman–Crippen MR) is 71.5 cm³/mol. The van der Waals surface area contributed by atoms with Crippen LogP contribution in [0.15, 0.2) is 0 Å². The molecule has 1 aliphatic heterocycles. The summed E-state index contributed by atoms with van der Waals surface area (Å²) in [5.74, 6) is 0.814. The molecule has 1 saturated heterocycles. The maximum atomic E-state index is 11.7. The van der Waals surface area contributed by atoms with E-state index in [1.54, 1.807) is 0 Å². The molecule has 2 aliphatic rings. The first-order valence-corrected chi connectivity index (χ1v) is 7.09. The van der Waals surface area contributed by atoms with E-state index in [4.69, 9.17) is 4.74 Å². The fourth-order valence-corrected chi connectivity index (χ4v) is 2.91. The minimum Gasteiger partial charge on any atom is -0.444 e. The van der Waals surface area contributed by atoms with Gasteiger partial charge < -0.3 is 15.4 Å². The molecule has 0 spiro atoms. The van der Waals surface area contributed by atoms with Gasteiger partial charge in [-0.15, -0.1) is 0 Å². The molecule has 1 amide bonds. The molecule has 1 saturated carbocycles. The van der Waals surface area contributed by atoms with Gasteiger partial charge in [-0.1, -0.05) is 0 Å². The van der Waals surface area contributed by atoms with E-state index >= 15 is 0 Å². The molecule has 0 aromatic carbocycles. The number of nitrogens with one attached hydrogen (secondary N) is 2. The Balaban J connectivity index is 1.84. The number of hydrogen-bond donors (Lipinski definition) is 2. The lowest BCUT2D eigenvalue weighted by Gasteiger charge is -2.38. The molecule has 2 N–H and O–H groups in total. The van der Waals surface area contributed by atoms with Gasteiger partial charge in [0.05, 0.1) is 0 Å². The molecule has 1 aliphatic carbocycles. The van der Waals surface area contributed by atoms with Gasteiger partial charge in [0.25, 0.3) is 0 Å². The Bertz CT molecular complexity index is 299. The molecule has 0 aromatic heterocycles. The highest BCUT2D eigenvalue weighted by Crippen LogP contribution is 2.50. The largest absolute Gasteiger partial charge is 0.444 e. The molecule has 4 heteroatoms. The summed E-state index contributed by atoms with van der Waals surface area (Å²) in [6, 6.07) is 0. The van der Waals surface area contributed by atoms with Crippen molar-refractivity contribution in [3.63, 3.8) is 0 Å². The van der Waals surface area contributed by atoms with E-state index in [1.807, 2.05) is 20.8 Å². The first-order chi connectivity index (χ1) is 8.41. The van der Waals surface area contributed by atoms with Gasteiger partial charge in [-0.2, -0.15) is 0 Å². The number of ether oxygens (including phenoxy) is 1. The summed E-state index contributed by atoms with van der Waals surface area (Å²) in [6.45, 7) is 8.61. The lowest BCUT2D eigenvalue weighted by Crippen LogP contribution is -2.47. The molecule has 0 bridgehead atoms. The van der Waals surface area contributed by atoms with Crippen molar-refractivity contribution in [3.8, 4) is 0 Å². The zero-order valence-corrected chi connectivity index (χ0v) is 11.8. The van der Waals surface area contributed by atoms with Crippen molar-refractivity contribution >= 4 is 6.09 Å². The van der Waals surface area contributed by atoms with Crippen LogP contribution in [-0.4, -0.2) is 31.3 Å². The molecular weight excluding hydrogens is 228 g/mol. The van der Waals surface area contributed by atoms with Crippen LogP contribution in [-0.2, 0) is 4.74 Å². The Morgan fingerprint density at radius 1 is 1.33 bits per heavy atom. The van der Waals surface area contributed by atoms with Crippen molar-refractivity contribution < 1.29 is 9.53 Å². The SMILES string of the molecule is CC(C)(C)OC(=O)NCC1(C2CC2)CCNCC1. The second-order valence-corrected chi connectivity index (χ2v) is 6.74. The summed E-state index contributed by atoms with van der Waals surface area (Å²) in [5, 5.41) is 6.39. The van der Waals surface area contributed by atoms with Crippen molar-refractivity contribution in [1.29, 1.82) is 0 Å². The Morgan fingerprint density at radius 2 is 1.94 bits per heavy atom. The third-order valence-electron chi connectivity index (χ3n) is 4.03. The van der Waals surface area contributed by atoms with E-state index in [-0.39, 0.29) is 6.09 Å². The monoisotopic (exact) mass is 254 g/mol. The Kier molecular flexibility index (Phi) is 3.85. The van der Waals surface area contributed by atoms with E-state index in [0.29, 0.717) is 5.41 Å². The Labute approximate surface area is 110 Å². The zero-order valence-electron chi connectivity index (χ0n) is 11.8. The summed E-state index contributed by atoms with van der Waals surface area (Å²) >= 11 is 0. The lowest BCUT2D eigenvalue weighted by atomic mass is 9.74. The van der Waals surface area contributed by atoms with Crippen molar-refractivity contribution in [1.82, 2.24) is 10.6 Å². The third kappa shape index (κ3) is 3.61. The molecule has 2 fully saturated rings. The van der Waals surface area contributed by atoms with E-state index in [0.717, 1.165) is 25.6 Å². The summed E-state index contributed by atoms with van der Waals surface area (Å²) in [5.41, 5.74) is -0.0902. The second-order valence-electron chi connectivity index (χ2n) is 6.74. The lowest BCUT2D eigenvalue weighted by molar-refractivity contribution is 0.0472. The van der Waals surface area contributed by atoms with Gasteiger partial charge in [0.2, 0.25) is 0 Å². The van der Waals surface area contributed by atoms with Crippen molar-refractivity contribution in [2.45, 2.75) is 52.1 Å². The standard InChI is InChI=1S/C14H26N2O2/c1-13(2,3)18-12(17)16-10-14(11-4-5-11)6-8-15-9-7-14/h11,15H,4-10H2,1-3H3,(H,16,17). The van der Waals surface area contributed by atoms with Crippen LogP contribution in [0, 0.1) is 11.3 Å². The number of carbonyl (C=O) groups is 1. The van der Waals surface area contributed by atoms with Crippen LogP contribution < -0.4 is 10.6 Å². The minimum absolute atomic E-state index is 0.277. The van der Waals surface area contributed by atoms with Crippen LogP contribution in [0.1, 0.15) is 46.5 Å². The Hall–Kier alpha value is -0.770. The average Bonchev–Trinajstić information content (AvgIpc) is 3.09. The number of hydrogen-bond acceptors (Lipinski definition) is 3. The molecule has 18 heavy (non-hydrogen) atoms. The summed E-state index contributed by atoms with van der Waals surface area (Å²) < 4.78 is 5.31. The van der Waals surface area contributed by atoms with Crippen molar-refractivity contribution in [2.75, 3.05) is 19.6 Å². The van der Waals surface area contributed by atoms with Crippen molar-refractivity contribution in [2.24, 2.45) is 11.3 Å². The van der Waals surface area contributed by atoms with Gasteiger partial charge in [-0.3, -0.25) is 0 Å². The molecule has 104 valence electrons. The molecule has 0 aromatic rings. The molecular formula is C14H26N2O2. The summed E-state index contributed by atoms with van der Waals surface area (Å²) in [4.78, 5) is 11.7. The first-order valence-electron chi connectivity index (χ1n) is 7.09. The number of amides is 1. The van der Waals surface area contributed by atoms with E-state index in [9.17, 15) is 4.79 Å². The van der Waals surface area contributed by atoms with Gasteiger partial charge in [0.15, 0.2) is 0 Å². The molecule has 0 unspecified atom stereocenters. The minimum atomic E-state index is -0.412. The van der Waals surface area contributed by atoms with Gasteiger partial charge in [0.1, 0.15) is 5.60 Å². The fraction of sp³-hybridized carbons (Fsp3) is 0.929. The quantitative estimate of drug-likeness (QED) is 0.812. The number of carbonyl (C=O) groups excluding carboxylic acids is 1. The van der Waals surface area contributed by atoms with Crippen LogP contribution >= 0.6 is 0 Å². The van der Waals surface area contributed by atoms with Crippen LogP contribution in [0.25, 0.3) is 0 Å². The highest BCUT2D eigenvalue weighted by molar-refractivity contribution is 5.67. The molecule has 0 radical (unpaired) electrons. The highest BCUT2D eigenvalue weighted by Gasteiger charge is 2.45. The second kappa shape index (κ2) is 5.08. The van der Waals surface area contributed by atoms with E-state index in [2.05, 4.69) is 10.6 Å². The third-order valence-corrected chi connectivity index (χ3v) is 4.03.